The average Bonchev–Trinajstić information content (AvgIpc) is 3.31. The Morgan fingerprint density at radius 1 is 1.35 bits per heavy atom. The number of nitrogens with zero attached hydrogens (tertiary/aromatic N) is 3. The molecule has 26 heavy (non-hydrogen) atoms. The molecular formula is C19H15ClN4O2. The van der Waals surface area contributed by atoms with Crippen LogP contribution in [0.5, 0.6) is 0 Å². The summed E-state index contributed by atoms with van der Waals surface area (Å²) in [6.45, 7) is 0.719. The Morgan fingerprint density at radius 2 is 2.19 bits per heavy atom. The van der Waals surface area contributed by atoms with Crippen LogP contribution in [0.1, 0.15) is 16.9 Å². The van der Waals surface area contributed by atoms with Gasteiger partial charge in [-0.25, -0.2) is 0 Å². The Hall–Kier alpha value is -3.30. The molecule has 0 radical (unpaired) electrons. The Labute approximate surface area is 155 Å². The minimum Gasteiger partial charge on any atom is -0.467 e. The van der Waals surface area contributed by atoms with Gasteiger partial charge < -0.3 is 9.73 Å². The first-order chi connectivity index (χ1) is 12.7. The van der Waals surface area contributed by atoms with Gasteiger partial charge in [-0.3, -0.25) is 9.48 Å². The van der Waals surface area contributed by atoms with Gasteiger partial charge in [0.15, 0.2) is 0 Å². The molecule has 2 heterocycles. The number of carbonyl (C=O) groups excluding carboxylic acids is 1. The van der Waals surface area contributed by atoms with E-state index in [0.29, 0.717) is 22.9 Å². The van der Waals surface area contributed by atoms with Crippen LogP contribution in [0.25, 0.3) is 6.08 Å². The van der Waals surface area contributed by atoms with Crippen molar-refractivity contribution in [3.8, 4) is 6.07 Å². The molecule has 7 heteroatoms. The quantitative estimate of drug-likeness (QED) is 0.535. The second-order valence-electron chi connectivity index (χ2n) is 5.49. The van der Waals surface area contributed by atoms with Gasteiger partial charge in [0.25, 0.3) is 5.91 Å². The molecule has 0 spiro atoms. The molecule has 6 nitrogen and oxygen atoms in total. The van der Waals surface area contributed by atoms with Gasteiger partial charge in [0.2, 0.25) is 0 Å². The number of rotatable bonds is 6. The molecule has 0 aliphatic carbocycles. The summed E-state index contributed by atoms with van der Waals surface area (Å²) in [4.78, 5) is 12.1. The molecule has 0 fully saturated rings. The summed E-state index contributed by atoms with van der Waals surface area (Å²) in [5.74, 6) is 0.144. The fraction of sp³-hybridized carbons (Fsp3) is 0.105. The molecule has 1 N–H and O–H groups in total. The van der Waals surface area contributed by atoms with Crippen molar-refractivity contribution in [2.45, 2.75) is 13.1 Å². The van der Waals surface area contributed by atoms with Crippen LogP contribution in [0, 0.1) is 11.3 Å². The number of halogens is 1. The summed E-state index contributed by atoms with van der Waals surface area (Å²) < 4.78 is 6.84. The third-order valence-electron chi connectivity index (χ3n) is 3.62. The number of amides is 1. The zero-order valence-corrected chi connectivity index (χ0v) is 14.5. The summed E-state index contributed by atoms with van der Waals surface area (Å²) in [5.41, 5.74) is 1.58. The number of hydrogen-bond acceptors (Lipinski definition) is 4. The van der Waals surface area contributed by atoms with Crippen LogP contribution in [0.4, 0.5) is 0 Å². The highest BCUT2D eigenvalue weighted by atomic mass is 35.5. The molecule has 130 valence electrons. The van der Waals surface area contributed by atoms with Crippen molar-refractivity contribution >= 4 is 23.6 Å². The standard InChI is InChI=1S/C19H15ClN4O2/c20-18-6-2-1-4-15(18)13-24-12-14(10-23-24)8-16(9-21)19(25)22-11-17-5-3-7-26-17/h1-8,10,12H,11,13H2,(H,22,25)/b16-8+. The van der Waals surface area contributed by atoms with Gasteiger partial charge in [0, 0.05) is 16.8 Å². The number of hydrogen-bond donors (Lipinski definition) is 1. The minimum absolute atomic E-state index is 0.00569. The maximum absolute atomic E-state index is 12.1. The van der Waals surface area contributed by atoms with E-state index in [2.05, 4.69) is 10.4 Å². The smallest absolute Gasteiger partial charge is 0.262 e. The largest absolute Gasteiger partial charge is 0.467 e. The molecule has 3 rings (SSSR count). The van der Waals surface area contributed by atoms with Crippen molar-refractivity contribution in [1.29, 1.82) is 5.26 Å². The second kappa shape index (κ2) is 8.19. The molecule has 0 aliphatic rings. The van der Waals surface area contributed by atoms with Gasteiger partial charge in [0.1, 0.15) is 17.4 Å². The summed E-state index contributed by atoms with van der Waals surface area (Å²) in [5, 5.41) is 16.8. The predicted octanol–water partition coefficient (Wildman–Crippen LogP) is 3.40. The van der Waals surface area contributed by atoms with E-state index in [-0.39, 0.29) is 12.1 Å². The van der Waals surface area contributed by atoms with E-state index in [9.17, 15) is 10.1 Å². The minimum atomic E-state index is -0.470. The van der Waals surface area contributed by atoms with Crippen LogP contribution in [0.2, 0.25) is 5.02 Å². The molecule has 3 aromatic rings. The molecule has 0 bridgehead atoms. The maximum Gasteiger partial charge on any atom is 0.262 e. The van der Waals surface area contributed by atoms with E-state index in [1.165, 1.54) is 12.3 Å². The highest BCUT2D eigenvalue weighted by Crippen LogP contribution is 2.16. The lowest BCUT2D eigenvalue weighted by molar-refractivity contribution is -0.117. The highest BCUT2D eigenvalue weighted by molar-refractivity contribution is 6.31. The van der Waals surface area contributed by atoms with Gasteiger partial charge in [0.05, 0.1) is 25.5 Å². The fourth-order valence-electron chi connectivity index (χ4n) is 2.33. The van der Waals surface area contributed by atoms with E-state index in [0.717, 1.165) is 5.56 Å². The zero-order chi connectivity index (χ0) is 18.4. The summed E-state index contributed by atoms with van der Waals surface area (Å²) >= 11 is 6.15. The number of nitriles is 1. The number of benzene rings is 1. The Morgan fingerprint density at radius 3 is 2.92 bits per heavy atom. The molecule has 0 saturated carbocycles. The Bertz CT molecular complexity index is 968. The lowest BCUT2D eigenvalue weighted by atomic mass is 10.2. The molecule has 0 unspecified atom stereocenters. The van der Waals surface area contributed by atoms with Crippen LogP contribution in [-0.4, -0.2) is 15.7 Å². The molecule has 2 aromatic heterocycles. The van der Waals surface area contributed by atoms with Crippen molar-refractivity contribution in [3.63, 3.8) is 0 Å². The van der Waals surface area contributed by atoms with Gasteiger partial charge in [-0.2, -0.15) is 10.4 Å². The average molecular weight is 367 g/mol. The van der Waals surface area contributed by atoms with E-state index in [1.54, 1.807) is 29.2 Å². The number of carbonyl (C=O) groups is 1. The molecule has 1 amide bonds. The first kappa shape index (κ1) is 17.5. The lowest BCUT2D eigenvalue weighted by Crippen LogP contribution is -2.23. The topological polar surface area (TPSA) is 83.8 Å². The Kier molecular flexibility index (Phi) is 5.52. The van der Waals surface area contributed by atoms with Gasteiger partial charge in [-0.1, -0.05) is 29.8 Å². The number of nitrogens with one attached hydrogen (secondary N) is 1. The van der Waals surface area contributed by atoms with E-state index in [4.69, 9.17) is 16.0 Å². The van der Waals surface area contributed by atoms with Crippen LogP contribution in [-0.2, 0) is 17.9 Å². The van der Waals surface area contributed by atoms with Crippen molar-refractivity contribution in [2.75, 3.05) is 0 Å². The molecule has 1 aromatic carbocycles. The van der Waals surface area contributed by atoms with Crippen LogP contribution in [0.15, 0.2) is 65.0 Å². The first-order valence-corrected chi connectivity index (χ1v) is 8.22. The molecule has 0 saturated heterocycles. The third kappa shape index (κ3) is 4.41. The molecular weight excluding hydrogens is 352 g/mol. The van der Waals surface area contributed by atoms with Crippen molar-refractivity contribution in [2.24, 2.45) is 0 Å². The second-order valence-corrected chi connectivity index (χ2v) is 5.90. The van der Waals surface area contributed by atoms with Crippen molar-refractivity contribution < 1.29 is 9.21 Å². The number of aromatic nitrogens is 2. The summed E-state index contributed by atoms with van der Waals surface area (Å²) in [6, 6.07) is 12.9. The normalized spacial score (nSPS) is 11.2. The maximum atomic E-state index is 12.1. The van der Waals surface area contributed by atoms with E-state index >= 15 is 0 Å². The monoisotopic (exact) mass is 366 g/mol. The van der Waals surface area contributed by atoms with Crippen LogP contribution in [0.3, 0.4) is 0 Å². The highest BCUT2D eigenvalue weighted by Gasteiger charge is 2.10. The predicted molar refractivity (Wildman–Crippen MR) is 96.9 cm³/mol. The number of furan rings is 1. The van der Waals surface area contributed by atoms with Gasteiger partial charge >= 0.3 is 0 Å². The van der Waals surface area contributed by atoms with E-state index in [1.807, 2.05) is 30.3 Å². The fourth-order valence-corrected chi connectivity index (χ4v) is 2.53. The first-order valence-electron chi connectivity index (χ1n) is 7.84. The van der Waals surface area contributed by atoms with E-state index < -0.39 is 5.91 Å². The molecule has 0 atom stereocenters. The lowest BCUT2D eigenvalue weighted by Gasteiger charge is -2.03. The zero-order valence-electron chi connectivity index (χ0n) is 13.7. The third-order valence-corrected chi connectivity index (χ3v) is 3.99. The van der Waals surface area contributed by atoms with Crippen LogP contribution < -0.4 is 5.32 Å². The van der Waals surface area contributed by atoms with Crippen LogP contribution >= 0.6 is 11.6 Å². The van der Waals surface area contributed by atoms with Crippen molar-refractivity contribution in [1.82, 2.24) is 15.1 Å². The van der Waals surface area contributed by atoms with Gasteiger partial charge in [-0.05, 0) is 29.8 Å². The summed E-state index contributed by atoms with van der Waals surface area (Å²) in [7, 11) is 0. The molecule has 0 aliphatic heterocycles. The Balaban J connectivity index is 1.68. The van der Waals surface area contributed by atoms with Crippen molar-refractivity contribution in [3.05, 3.63) is 82.5 Å². The SMILES string of the molecule is N#C/C(=C\c1cnn(Cc2ccccc2Cl)c1)C(=O)NCc1ccco1. The van der Waals surface area contributed by atoms with Gasteiger partial charge in [-0.15, -0.1) is 0 Å². The summed E-state index contributed by atoms with van der Waals surface area (Å²) in [6.07, 6.45) is 6.36.